The van der Waals surface area contributed by atoms with Crippen LogP contribution in [-0.2, 0) is 25.7 Å². The molecule has 2 aromatic rings. The fraction of sp³-hybridized carbons (Fsp3) is 0.483. The van der Waals surface area contributed by atoms with Crippen molar-refractivity contribution in [3.63, 3.8) is 0 Å². The first-order chi connectivity index (χ1) is 17.5. The van der Waals surface area contributed by atoms with Crippen LogP contribution < -0.4 is 10.2 Å². The second-order valence-electron chi connectivity index (χ2n) is 10.3. The van der Waals surface area contributed by atoms with E-state index in [-0.39, 0.29) is 36.2 Å². The Morgan fingerprint density at radius 3 is 2.22 bits per heavy atom. The molecule has 3 aliphatic rings. The lowest BCUT2D eigenvalue weighted by molar-refractivity contribution is -0.155. The lowest BCUT2D eigenvalue weighted by Gasteiger charge is -2.36. The molecular weight excluding hydrogens is 454 g/mol. The van der Waals surface area contributed by atoms with E-state index >= 15 is 0 Å². The number of Topliss-reactive ketones (excluding diaryl/α,β-unsaturated/α-hetero) is 1. The van der Waals surface area contributed by atoms with Gasteiger partial charge in [0.2, 0.25) is 0 Å². The Hall–Kier alpha value is -3.19. The number of carbonyl (C=O) groups is 3. The Labute approximate surface area is 212 Å². The minimum Gasteiger partial charge on any atom is -0.455 e. The first-order valence-corrected chi connectivity index (χ1v) is 13.2. The van der Waals surface area contributed by atoms with E-state index in [0.29, 0.717) is 24.3 Å². The van der Waals surface area contributed by atoms with Gasteiger partial charge in [0.05, 0.1) is 5.92 Å². The normalized spacial score (nSPS) is 24.3. The zero-order valence-corrected chi connectivity index (χ0v) is 20.7. The summed E-state index contributed by atoms with van der Waals surface area (Å²) in [6.07, 6.45) is 3.95. The van der Waals surface area contributed by atoms with E-state index in [0.717, 1.165) is 57.7 Å². The van der Waals surface area contributed by atoms with Crippen LogP contribution in [0.4, 0.5) is 11.4 Å². The van der Waals surface area contributed by atoms with Crippen LogP contribution in [0, 0.1) is 17.8 Å². The molecule has 7 nitrogen and oxygen atoms in total. The van der Waals surface area contributed by atoms with Crippen LogP contribution in [0.2, 0.25) is 0 Å². The Bertz CT molecular complexity index is 1050. The number of hydrogen-bond acceptors (Lipinski definition) is 6. The third-order valence-corrected chi connectivity index (χ3v) is 7.86. The van der Waals surface area contributed by atoms with E-state index in [2.05, 4.69) is 39.4 Å². The molecule has 2 saturated carbocycles. The van der Waals surface area contributed by atoms with Crippen molar-refractivity contribution in [2.24, 2.45) is 17.8 Å². The number of carbonyl (C=O) groups excluding carboxylic acids is 3. The van der Waals surface area contributed by atoms with E-state index in [1.165, 1.54) is 5.56 Å². The van der Waals surface area contributed by atoms with Crippen LogP contribution in [0.3, 0.4) is 0 Å². The minimum absolute atomic E-state index is 0.00534. The van der Waals surface area contributed by atoms with Gasteiger partial charge in [-0.1, -0.05) is 36.8 Å². The number of amides is 1. The fourth-order valence-electron chi connectivity index (χ4n) is 5.89. The molecule has 1 heterocycles. The molecule has 2 bridgehead atoms. The highest BCUT2D eigenvalue weighted by molar-refractivity contribution is 5.93. The third-order valence-electron chi connectivity index (χ3n) is 7.86. The molecular formula is C29H35N3O4. The van der Waals surface area contributed by atoms with E-state index in [9.17, 15) is 14.4 Å². The van der Waals surface area contributed by atoms with E-state index in [1.54, 1.807) is 0 Å². The quantitative estimate of drug-likeness (QED) is 0.595. The zero-order valence-electron chi connectivity index (χ0n) is 20.7. The van der Waals surface area contributed by atoms with Crippen LogP contribution in [0.1, 0.15) is 37.7 Å². The molecule has 2 aliphatic carbocycles. The van der Waals surface area contributed by atoms with E-state index in [1.807, 2.05) is 30.3 Å². The SMILES string of the molecule is O=C(COC(=O)C1CC2CCCC(C1)C2=O)Nc1ccc(N2CCN(Cc3ccccc3)CC2)cc1. The van der Waals surface area contributed by atoms with Gasteiger partial charge < -0.3 is 15.0 Å². The number of benzene rings is 2. The molecule has 2 atom stereocenters. The van der Waals surface area contributed by atoms with Crippen LogP contribution in [0.25, 0.3) is 0 Å². The summed E-state index contributed by atoms with van der Waals surface area (Å²) in [5.41, 5.74) is 3.16. The highest BCUT2D eigenvalue weighted by atomic mass is 16.5. The number of nitrogens with zero attached hydrogens (tertiary/aromatic N) is 2. The summed E-state index contributed by atoms with van der Waals surface area (Å²) in [6.45, 7) is 4.62. The number of fused-ring (bicyclic) bond motifs is 2. The molecule has 0 radical (unpaired) electrons. The van der Waals surface area contributed by atoms with E-state index < -0.39 is 0 Å². The molecule has 7 heteroatoms. The second-order valence-corrected chi connectivity index (χ2v) is 10.3. The number of anilines is 2. The maximum atomic E-state index is 12.5. The molecule has 2 unspecified atom stereocenters. The molecule has 1 N–H and O–H groups in total. The maximum Gasteiger partial charge on any atom is 0.309 e. The zero-order chi connectivity index (χ0) is 24.9. The number of piperazine rings is 1. The van der Waals surface area contributed by atoms with E-state index in [4.69, 9.17) is 4.74 Å². The van der Waals surface area contributed by atoms with Gasteiger partial charge in [0, 0.05) is 55.9 Å². The lowest BCUT2D eigenvalue weighted by Crippen LogP contribution is -2.45. The van der Waals surface area contributed by atoms with Crippen LogP contribution in [0.15, 0.2) is 54.6 Å². The monoisotopic (exact) mass is 489 g/mol. The van der Waals surface area contributed by atoms with Crippen molar-refractivity contribution < 1.29 is 19.1 Å². The maximum absolute atomic E-state index is 12.5. The lowest BCUT2D eigenvalue weighted by atomic mass is 9.67. The molecule has 0 aromatic heterocycles. The smallest absolute Gasteiger partial charge is 0.309 e. The average molecular weight is 490 g/mol. The Morgan fingerprint density at radius 2 is 1.56 bits per heavy atom. The van der Waals surface area contributed by atoms with Crippen molar-refractivity contribution >= 4 is 29.0 Å². The summed E-state index contributed by atoms with van der Waals surface area (Å²) in [4.78, 5) is 41.9. The van der Waals surface area contributed by atoms with Crippen molar-refractivity contribution in [1.82, 2.24) is 4.90 Å². The topological polar surface area (TPSA) is 78.9 Å². The first kappa shape index (κ1) is 24.5. The molecule has 1 saturated heterocycles. The number of rotatable bonds is 7. The van der Waals surface area contributed by atoms with Crippen molar-refractivity contribution in [2.75, 3.05) is 43.0 Å². The van der Waals surface area contributed by atoms with Gasteiger partial charge in [-0.15, -0.1) is 0 Å². The van der Waals surface area contributed by atoms with Gasteiger partial charge in [-0.25, -0.2) is 0 Å². The Kier molecular flexibility index (Phi) is 7.66. The number of ketones is 1. The standard InChI is InChI=1S/C29H35N3O4/c33-27(20-36-29(35)24-17-22-7-4-8-23(18-24)28(22)34)30-25-9-11-26(12-10-25)32-15-13-31(14-16-32)19-21-5-2-1-3-6-21/h1-3,5-6,9-12,22-24H,4,7-8,13-20H2,(H,30,33). The predicted molar refractivity (Wildman–Crippen MR) is 139 cm³/mol. The van der Waals surface area contributed by atoms with Crippen LogP contribution in [-0.4, -0.2) is 55.3 Å². The summed E-state index contributed by atoms with van der Waals surface area (Å²) in [6, 6.07) is 18.4. The highest BCUT2D eigenvalue weighted by Crippen LogP contribution is 2.40. The summed E-state index contributed by atoms with van der Waals surface area (Å²) in [7, 11) is 0. The fourth-order valence-corrected chi connectivity index (χ4v) is 5.89. The molecule has 1 aliphatic heterocycles. The number of nitrogens with one attached hydrogen (secondary N) is 1. The second kappa shape index (κ2) is 11.2. The Morgan fingerprint density at radius 1 is 0.889 bits per heavy atom. The van der Waals surface area contributed by atoms with Gasteiger partial charge in [-0.2, -0.15) is 0 Å². The van der Waals surface area contributed by atoms with Gasteiger partial charge >= 0.3 is 5.97 Å². The van der Waals surface area contributed by atoms with Gasteiger partial charge in [0.25, 0.3) is 5.91 Å². The van der Waals surface area contributed by atoms with Gasteiger partial charge in [0.15, 0.2) is 6.61 Å². The van der Waals surface area contributed by atoms with Gasteiger partial charge in [0.1, 0.15) is 5.78 Å². The average Bonchev–Trinajstić information content (AvgIpc) is 2.89. The number of hydrogen-bond donors (Lipinski definition) is 1. The highest BCUT2D eigenvalue weighted by Gasteiger charge is 2.41. The summed E-state index contributed by atoms with van der Waals surface area (Å²) in [5.74, 6) is -0.656. The van der Waals surface area contributed by atoms with Crippen LogP contribution >= 0.6 is 0 Å². The molecule has 2 aromatic carbocycles. The van der Waals surface area contributed by atoms with Crippen molar-refractivity contribution in [3.05, 3.63) is 60.2 Å². The summed E-state index contributed by atoms with van der Waals surface area (Å²) >= 11 is 0. The molecule has 0 spiro atoms. The minimum atomic E-state index is -0.351. The van der Waals surface area contributed by atoms with Crippen molar-refractivity contribution in [1.29, 1.82) is 0 Å². The third kappa shape index (κ3) is 5.95. The largest absolute Gasteiger partial charge is 0.455 e. The molecule has 1 amide bonds. The van der Waals surface area contributed by atoms with Crippen molar-refractivity contribution in [3.8, 4) is 0 Å². The summed E-state index contributed by atoms with van der Waals surface area (Å²) in [5, 5.41) is 2.81. The van der Waals surface area contributed by atoms with Gasteiger partial charge in [-0.3, -0.25) is 19.3 Å². The molecule has 5 rings (SSSR count). The van der Waals surface area contributed by atoms with Crippen LogP contribution in [0.5, 0.6) is 0 Å². The first-order valence-electron chi connectivity index (χ1n) is 13.2. The molecule has 36 heavy (non-hydrogen) atoms. The number of ether oxygens (including phenoxy) is 1. The number of esters is 1. The Balaban J connectivity index is 1.04. The molecule has 3 fully saturated rings. The predicted octanol–water partition coefficient (Wildman–Crippen LogP) is 3.89. The van der Waals surface area contributed by atoms with Gasteiger partial charge in [-0.05, 0) is 55.5 Å². The van der Waals surface area contributed by atoms with Crippen molar-refractivity contribution in [2.45, 2.75) is 38.6 Å². The molecule has 190 valence electrons. The summed E-state index contributed by atoms with van der Waals surface area (Å²) < 4.78 is 5.31.